The van der Waals surface area contributed by atoms with Gasteiger partial charge >= 0.3 is 0 Å². The largest absolute Gasteiger partial charge is 0.398 e. The van der Waals surface area contributed by atoms with Crippen LogP contribution >= 0.6 is 31.9 Å². The molecule has 0 saturated carbocycles. The van der Waals surface area contributed by atoms with E-state index in [1.165, 1.54) is 19.9 Å². The number of sulfonamides is 1. The van der Waals surface area contributed by atoms with Crippen LogP contribution < -0.4 is 10.5 Å². The lowest BCUT2D eigenvalue weighted by molar-refractivity contribution is 0.00638. The van der Waals surface area contributed by atoms with Crippen LogP contribution in [0.3, 0.4) is 0 Å². The number of aliphatic hydroxyl groups is 1. The average Bonchev–Trinajstić information content (AvgIpc) is 2.09. The highest BCUT2D eigenvalue weighted by Gasteiger charge is 2.39. The Kier molecular flexibility index (Phi) is 4.98. The van der Waals surface area contributed by atoms with Crippen molar-refractivity contribution in [2.24, 2.45) is 0 Å². The summed E-state index contributed by atoms with van der Waals surface area (Å²) < 4.78 is 28.5. The van der Waals surface area contributed by atoms with Crippen LogP contribution in [-0.2, 0) is 10.0 Å². The molecule has 1 rings (SSSR count). The van der Waals surface area contributed by atoms with Crippen molar-refractivity contribution in [2.75, 3.05) is 5.73 Å². The number of halogens is 2. The van der Waals surface area contributed by atoms with Gasteiger partial charge in [-0.3, -0.25) is 0 Å². The van der Waals surface area contributed by atoms with E-state index in [-0.39, 0.29) is 10.6 Å². The van der Waals surface area contributed by atoms with Crippen molar-refractivity contribution in [1.29, 1.82) is 0 Å². The van der Waals surface area contributed by atoms with E-state index in [1.807, 2.05) is 0 Å². The molecule has 0 aromatic heterocycles. The Balaban J connectivity index is 3.34. The zero-order valence-corrected chi connectivity index (χ0v) is 15.6. The second-order valence-electron chi connectivity index (χ2n) is 5.60. The minimum atomic E-state index is -3.88. The normalized spacial score (nSPS) is 13.6. The maximum absolute atomic E-state index is 12.5. The van der Waals surface area contributed by atoms with Gasteiger partial charge in [-0.25, -0.2) is 13.1 Å². The molecule has 8 heteroatoms. The van der Waals surface area contributed by atoms with E-state index in [2.05, 4.69) is 36.6 Å². The summed E-state index contributed by atoms with van der Waals surface area (Å²) in [5.41, 5.74) is 3.61. The topological polar surface area (TPSA) is 92.4 Å². The number of nitrogens with one attached hydrogen (secondary N) is 1. The van der Waals surface area contributed by atoms with Gasteiger partial charge in [-0.2, -0.15) is 0 Å². The summed E-state index contributed by atoms with van der Waals surface area (Å²) in [4.78, 5) is -0.0435. The van der Waals surface area contributed by atoms with Gasteiger partial charge in [0, 0.05) is 8.95 Å². The van der Waals surface area contributed by atoms with Crippen LogP contribution in [0.15, 0.2) is 26.0 Å². The van der Waals surface area contributed by atoms with Crippen LogP contribution in [0, 0.1) is 0 Å². The quantitative estimate of drug-likeness (QED) is 0.641. The Labute approximate surface area is 136 Å². The number of hydrogen-bond acceptors (Lipinski definition) is 4. The molecule has 0 aliphatic rings. The van der Waals surface area contributed by atoms with Crippen molar-refractivity contribution in [3.05, 3.63) is 21.1 Å². The molecule has 0 bridgehead atoms. The molecule has 0 fully saturated rings. The van der Waals surface area contributed by atoms with Gasteiger partial charge in [-0.1, -0.05) is 15.9 Å². The standard InChI is InChI=1S/C12H18Br2N2O3S/c1-11(2,12(3,4)17)16-20(18,19)10-8(14)5-7(13)6-9(10)15/h5-6,16-17H,15H2,1-4H3. The van der Waals surface area contributed by atoms with Gasteiger partial charge in [0.05, 0.1) is 16.8 Å². The molecule has 0 heterocycles. The number of hydrogen-bond donors (Lipinski definition) is 3. The minimum absolute atomic E-state index is 0.0435. The third-order valence-electron chi connectivity index (χ3n) is 3.22. The first kappa shape index (κ1) is 17.9. The third-order valence-corrected chi connectivity index (χ3v) is 6.34. The van der Waals surface area contributed by atoms with Crippen LogP contribution in [-0.4, -0.2) is 24.7 Å². The van der Waals surface area contributed by atoms with Crippen molar-refractivity contribution in [2.45, 2.75) is 43.7 Å². The zero-order chi connectivity index (χ0) is 15.9. The summed E-state index contributed by atoms with van der Waals surface area (Å²) >= 11 is 6.44. The van der Waals surface area contributed by atoms with Gasteiger partial charge < -0.3 is 10.8 Å². The van der Waals surface area contributed by atoms with Gasteiger partial charge in [0.15, 0.2) is 0 Å². The van der Waals surface area contributed by atoms with Crippen molar-refractivity contribution >= 4 is 47.6 Å². The van der Waals surface area contributed by atoms with Crippen molar-refractivity contribution in [3.8, 4) is 0 Å². The summed E-state index contributed by atoms with van der Waals surface area (Å²) in [6.45, 7) is 6.28. The molecule has 1 aromatic rings. The number of nitrogens with two attached hydrogens (primary N) is 1. The molecule has 0 atom stereocenters. The summed E-state index contributed by atoms with van der Waals surface area (Å²) in [5.74, 6) is 0. The Morgan fingerprint density at radius 3 is 2.10 bits per heavy atom. The zero-order valence-electron chi connectivity index (χ0n) is 11.7. The fraction of sp³-hybridized carbons (Fsp3) is 0.500. The number of anilines is 1. The van der Waals surface area contributed by atoms with E-state index >= 15 is 0 Å². The van der Waals surface area contributed by atoms with Crippen LogP contribution in [0.1, 0.15) is 27.7 Å². The summed E-state index contributed by atoms with van der Waals surface area (Å²) in [6, 6.07) is 3.11. The van der Waals surface area contributed by atoms with Crippen molar-refractivity contribution < 1.29 is 13.5 Å². The fourth-order valence-electron chi connectivity index (χ4n) is 1.38. The highest BCUT2D eigenvalue weighted by Crippen LogP contribution is 2.33. The summed E-state index contributed by atoms with van der Waals surface area (Å²) in [6.07, 6.45) is 0. The first-order valence-electron chi connectivity index (χ1n) is 5.79. The van der Waals surface area contributed by atoms with Crippen LogP contribution in [0.5, 0.6) is 0 Å². The van der Waals surface area contributed by atoms with Gasteiger partial charge in [0.25, 0.3) is 0 Å². The Hall–Kier alpha value is -0.150. The van der Waals surface area contributed by atoms with E-state index in [9.17, 15) is 13.5 Å². The molecule has 0 spiro atoms. The molecular weight excluding hydrogens is 412 g/mol. The van der Waals surface area contributed by atoms with Crippen molar-refractivity contribution in [1.82, 2.24) is 4.72 Å². The number of rotatable bonds is 4. The fourth-order valence-corrected chi connectivity index (χ4v) is 4.98. The molecule has 0 unspecified atom stereocenters. The van der Waals surface area contributed by atoms with Crippen LogP contribution in [0.2, 0.25) is 0 Å². The molecule has 0 radical (unpaired) electrons. The molecule has 0 aliphatic carbocycles. The lowest BCUT2D eigenvalue weighted by Crippen LogP contribution is -2.57. The molecule has 0 saturated heterocycles. The first-order chi connectivity index (χ1) is 8.78. The first-order valence-corrected chi connectivity index (χ1v) is 8.86. The molecule has 4 N–H and O–H groups in total. The number of benzene rings is 1. The molecule has 0 aliphatic heterocycles. The maximum atomic E-state index is 12.5. The molecule has 114 valence electrons. The van der Waals surface area contributed by atoms with Crippen molar-refractivity contribution in [3.63, 3.8) is 0 Å². The Morgan fingerprint density at radius 2 is 1.70 bits per heavy atom. The summed E-state index contributed by atoms with van der Waals surface area (Å²) in [7, 11) is -3.88. The average molecular weight is 430 g/mol. The predicted molar refractivity (Wildman–Crippen MR) is 87.0 cm³/mol. The SMILES string of the molecule is CC(C)(O)C(C)(C)NS(=O)(=O)c1c(N)cc(Br)cc1Br. The molecule has 20 heavy (non-hydrogen) atoms. The molecule has 1 aromatic carbocycles. The van der Waals surface area contributed by atoms with E-state index < -0.39 is 21.2 Å². The molecular formula is C12H18Br2N2O3S. The lowest BCUT2D eigenvalue weighted by Gasteiger charge is -2.37. The Morgan fingerprint density at radius 1 is 1.20 bits per heavy atom. The number of nitrogen functional groups attached to an aromatic ring is 1. The highest BCUT2D eigenvalue weighted by atomic mass is 79.9. The smallest absolute Gasteiger partial charge is 0.244 e. The lowest BCUT2D eigenvalue weighted by atomic mass is 9.87. The van der Waals surface area contributed by atoms with Crippen LogP contribution in [0.25, 0.3) is 0 Å². The Bertz CT molecular complexity index is 599. The highest BCUT2D eigenvalue weighted by molar-refractivity contribution is 9.11. The molecule has 5 nitrogen and oxygen atoms in total. The monoisotopic (exact) mass is 428 g/mol. The minimum Gasteiger partial charge on any atom is -0.398 e. The maximum Gasteiger partial charge on any atom is 0.244 e. The van der Waals surface area contributed by atoms with E-state index in [4.69, 9.17) is 5.73 Å². The van der Waals surface area contributed by atoms with Gasteiger partial charge in [-0.05, 0) is 55.8 Å². The van der Waals surface area contributed by atoms with E-state index in [0.29, 0.717) is 8.95 Å². The van der Waals surface area contributed by atoms with Gasteiger partial charge in [0.2, 0.25) is 10.0 Å². The summed E-state index contributed by atoms with van der Waals surface area (Å²) in [5, 5.41) is 10.1. The van der Waals surface area contributed by atoms with Gasteiger partial charge in [0.1, 0.15) is 4.90 Å². The van der Waals surface area contributed by atoms with E-state index in [0.717, 1.165) is 0 Å². The second kappa shape index (κ2) is 5.57. The second-order valence-corrected chi connectivity index (χ2v) is 8.98. The van der Waals surface area contributed by atoms with E-state index in [1.54, 1.807) is 19.9 Å². The van der Waals surface area contributed by atoms with Crippen LogP contribution in [0.4, 0.5) is 5.69 Å². The van der Waals surface area contributed by atoms with Gasteiger partial charge in [-0.15, -0.1) is 0 Å². The predicted octanol–water partition coefficient (Wildman–Crippen LogP) is 2.62. The third kappa shape index (κ3) is 3.73. The molecule has 0 amide bonds.